The summed E-state index contributed by atoms with van der Waals surface area (Å²) in [7, 11) is 0. The van der Waals surface area contributed by atoms with E-state index in [0.29, 0.717) is 17.3 Å². The molecular weight excluding hydrogens is 462 g/mol. The van der Waals surface area contributed by atoms with E-state index in [1.807, 2.05) is 25.1 Å². The van der Waals surface area contributed by atoms with Crippen molar-refractivity contribution in [2.75, 3.05) is 38.1 Å². The first-order valence-corrected chi connectivity index (χ1v) is 13.0. The van der Waals surface area contributed by atoms with E-state index in [9.17, 15) is 4.79 Å². The minimum absolute atomic E-state index is 0.233. The van der Waals surface area contributed by atoms with Crippen LogP contribution in [0.1, 0.15) is 52.5 Å². The topological polar surface area (TPSA) is 44.8 Å². The minimum Gasteiger partial charge on any atom is -0.462 e. The molecule has 8 heteroatoms. The Morgan fingerprint density at radius 1 is 1.19 bits per heavy atom. The molecule has 4 rings (SSSR count). The highest BCUT2D eigenvalue weighted by Gasteiger charge is 2.27. The zero-order chi connectivity index (χ0) is 22.5. The number of rotatable bonds is 5. The maximum Gasteiger partial charge on any atom is 0.341 e. The highest BCUT2D eigenvalue weighted by Crippen LogP contribution is 2.38. The lowest BCUT2D eigenvalue weighted by Crippen LogP contribution is -2.49. The van der Waals surface area contributed by atoms with Crippen molar-refractivity contribution in [2.45, 2.75) is 45.6 Å². The Labute approximate surface area is 204 Å². The molecule has 0 atom stereocenters. The Morgan fingerprint density at radius 2 is 1.97 bits per heavy atom. The number of benzene rings is 1. The first kappa shape index (κ1) is 23.5. The van der Waals surface area contributed by atoms with Gasteiger partial charge >= 0.3 is 5.97 Å². The van der Waals surface area contributed by atoms with Gasteiger partial charge in [-0.05, 0) is 68.1 Å². The van der Waals surface area contributed by atoms with Crippen molar-refractivity contribution < 1.29 is 9.53 Å². The summed E-state index contributed by atoms with van der Waals surface area (Å²) in [5.74, 6) is -0.233. The molecule has 0 bridgehead atoms. The van der Waals surface area contributed by atoms with Crippen LogP contribution < -0.4 is 5.32 Å². The summed E-state index contributed by atoms with van der Waals surface area (Å²) in [6.45, 7) is 6.68. The van der Waals surface area contributed by atoms with Gasteiger partial charge in [0, 0.05) is 42.6 Å². The second kappa shape index (κ2) is 11.0. The number of nitrogens with zero attached hydrogens (tertiary/aromatic N) is 2. The molecule has 172 valence electrons. The summed E-state index contributed by atoms with van der Waals surface area (Å²) in [4.78, 5) is 18.7. The fraction of sp³-hybridized carbons (Fsp3) is 0.500. The number of hydrogen-bond donors (Lipinski definition) is 1. The second-order valence-corrected chi connectivity index (χ2v) is 10.2. The van der Waals surface area contributed by atoms with Gasteiger partial charge in [-0.1, -0.05) is 30.2 Å². The smallest absolute Gasteiger partial charge is 0.341 e. The van der Waals surface area contributed by atoms with Crippen molar-refractivity contribution in [3.05, 3.63) is 50.9 Å². The number of halogens is 1. The van der Waals surface area contributed by atoms with Crippen LogP contribution in [-0.4, -0.2) is 53.7 Å². The number of anilines is 1. The minimum atomic E-state index is -0.233. The Balaban J connectivity index is 1.40. The number of nitrogens with one attached hydrogen (secondary N) is 1. The van der Waals surface area contributed by atoms with Crippen molar-refractivity contribution in [1.82, 2.24) is 9.80 Å². The molecule has 1 aromatic carbocycles. The number of esters is 1. The third-order valence-electron chi connectivity index (χ3n) is 6.08. The lowest BCUT2D eigenvalue weighted by molar-refractivity contribution is 0.0527. The molecule has 0 saturated carbocycles. The lowest BCUT2D eigenvalue weighted by Gasteiger charge is -2.36. The number of carbonyl (C=O) groups excluding carboxylic acids is 1. The summed E-state index contributed by atoms with van der Waals surface area (Å²) < 4.78 is 5.39. The van der Waals surface area contributed by atoms with E-state index >= 15 is 0 Å². The Bertz CT molecular complexity index is 970. The van der Waals surface area contributed by atoms with Gasteiger partial charge in [0.15, 0.2) is 5.11 Å². The van der Waals surface area contributed by atoms with E-state index in [1.54, 1.807) is 11.3 Å². The first-order chi connectivity index (χ1) is 15.5. The molecular formula is C24H30ClN3O2S2. The van der Waals surface area contributed by atoms with Crippen LogP contribution >= 0.6 is 35.2 Å². The van der Waals surface area contributed by atoms with Gasteiger partial charge in [-0.2, -0.15) is 0 Å². The van der Waals surface area contributed by atoms with E-state index < -0.39 is 0 Å². The van der Waals surface area contributed by atoms with Crippen LogP contribution in [-0.2, 0) is 24.1 Å². The molecule has 2 aromatic rings. The molecule has 1 saturated heterocycles. The number of fused-ring (bicyclic) bond motifs is 1. The normalized spacial score (nSPS) is 16.9. The van der Waals surface area contributed by atoms with Crippen molar-refractivity contribution in [3.63, 3.8) is 0 Å². The van der Waals surface area contributed by atoms with E-state index in [1.165, 1.54) is 28.8 Å². The molecule has 1 aliphatic heterocycles. The van der Waals surface area contributed by atoms with Crippen molar-refractivity contribution in [1.29, 1.82) is 0 Å². The van der Waals surface area contributed by atoms with Gasteiger partial charge in [0.1, 0.15) is 5.00 Å². The van der Waals surface area contributed by atoms with E-state index in [0.717, 1.165) is 62.0 Å². The first-order valence-electron chi connectivity index (χ1n) is 11.4. The lowest BCUT2D eigenvalue weighted by atomic mass is 10.1. The largest absolute Gasteiger partial charge is 0.462 e. The molecule has 5 nitrogen and oxygen atoms in total. The predicted molar refractivity (Wildman–Crippen MR) is 136 cm³/mol. The summed E-state index contributed by atoms with van der Waals surface area (Å²) in [6, 6.07) is 8.04. The van der Waals surface area contributed by atoms with Gasteiger partial charge in [-0.25, -0.2) is 4.79 Å². The van der Waals surface area contributed by atoms with Crippen LogP contribution in [0.15, 0.2) is 24.3 Å². The Hall–Kier alpha value is -1.67. The van der Waals surface area contributed by atoms with Gasteiger partial charge < -0.3 is 15.0 Å². The maximum absolute atomic E-state index is 12.8. The quantitative estimate of drug-likeness (QED) is 0.345. The average Bonchev–Trinajstić information content (AvgIpc) is 2.94. The summed E-state index contributed by atoms with van der Waals surface area (Å²) in [5, 5.41) is 5.72. The van der Waals surface area contributed by atoms with Crippen LogP contribution in [0.5, 0.6) is 0 Å². The molecule has 1 aliphatic carbocycles. The molecule has 0 unspecified atom stereocenters. The van der Waals surface area contributed by atoms with E-state index in [2.05, 4.69) is 21.2 Å². The molecule has 1 aromatic heterocycles. The zero-order valence-corrected chi connectivity index (χ0v) is 20.9. The number of hydrogen-bond acceptors (Lipinski definition) is 5. The third-order valence-corrected chi connectivity index (χ3v) is 7.88. The highest BCUT2D eigenvalue weighted by molar-refractivity contribution is 7.80. The molecule has 1 fully saturated rings. The van der Waals surface area contributed by atoms with E-state index in [-0.39, 0.29) is 5.97 Å². The van der Waals surface area contributed by atoms with Gasteiger partial charge in [0.25, 0.3) is 0 Å². The van der Waals surface area contributed by atoms with Crippen LogP contribution in [0.4, 0.5) is 5.00 Å². The number of piperazine rings is 1. The zero-order valence-electron chi connectivity index (χ0n) is 18.5. The average molecular weight is 492 g/mol. The van der Waals surface area contributed by atoms with Crippen molar-refractivity contribution in [3.8, 4) is 0 Å². The molecule has 0 radical (unpaired) electrons. The molecule has 2 heterocycles. The highest BCUT2D eigenvalue weighted by atomic mass is 35.5. The standard InChI is InChI=1S/C24H30ClN3O2S2/c1-2-30-23(29)21-19-9-4-3-5-10-20(19)32-22(21)26-24(31)28-13-11-27(12-14-28)16-17-7-6-8-18(25)15-17/h6-8,15H,2-5,9-14,16H2,1H3,(H,26,31). The molecule has 1 N–H and O–H groups in total. The van der Waals surface area contributed by atoms with Crippen LogP contribution in [0.25, 0.3) is 0 Å². The van der Waals surface area contributed by atoms with Crippen LogP contribution in [0.2, 0.25) is 5.02 Å². The number of carbonyl (C=O) groups is 1. The molecule has 0 amide bonds. The van der Waals surface area contributed by atoms with Gasteiger partial charge in [-0.3, -0.25) is 4.90 Å². The van der Waals surface area contributed by atoms with Crippen molar-refractivity contribution in [2.24, 2.45) is 0 Å². The Kier molecular flexibility index (Phi) is 8.05. The van der Waals surface area contributed by atoms with Gasteiger partial charge in [0.05, 0.1) is 12.2 Å². The van der Waals surface area contributed by atoms with Gasteiger partial charge in [0.2, 0.25) is 0 Å². The SMILES string of the molecule is CCOC(=O)c1c(NC(=S)N2CCN(Cc3cccc(Cl)c3)CC2)sc2c1CCCCC2. The maximum atomic E-state index is 12.8. The summed E-state index contributed by atoms with van der Waals surface area (Å²) in [5.41, 5.74) is 3.10. The molecule has 32 heavy (non-hydrogen) atoms. The monoisotopic (exact) mass is 491 g/mol. The van der Waals surface area contributed by atoms with Gasteiger partial charge in [-0.15, -0.1) is 11.3 Å². The Morgan fingerprint density at radius 3 is 2.72 bits per heavy atom. The number of thiophene rings is 1. The summed E-state index contributed by atoms with van der Waals surface area (Å²) in [6.07, 6.45) is 5.48. The number of ether oxygens (including phenoxy) is 1. The fourth-order valence-electron chi connectivity index (χ4n) is 4.43. The third kappa shape index (κ3) is 5.63. The van der Waals surface area contributed by atoms with Crippen molar-refractivity contribution >= 4 is 51.2 Å². The molecule has 0 spiro atoms. The van der Waals surface area contributed by atoms with E-state index in [4.69, 9.17) is 28.6 Å². The fourth-order valence-corrected chi connectivity index (χ4v) is 6.27. The van der Waals surface area contributed by atoms with Crippen LogP contribution in [0.3, 0.4) is 0 Å². The predicted octanol–water partition coefficient (Wildman–Crippen LogP) is 5.36. The second-order valence-electron chi connectivity index (χ2n) is 8.31. The number of thiocarbonyl (C=S) groups is 1. The molecule has 2 aliphatic rings. The summed E-state index contributed by atoms with van der Waals surface area (Å²) >= 11 is 13.6. The number of aryl methyl sites for hydroxylation is 1. The van der Waals surface area contributed by atoms with Crippen LogP contribution in [0, 0.1) is 0 Å².